The summed E-state index contributed by atoms with van der Waals surface area (Å²) in [5.74, 6) is 1.00. The molecule has 27 heavy (non-hydrogen) atoms. The van der Waals surface area contributed by atoms with Crippen LogP contribution in [0.4, 0.5) is 0 Å². The van der Waals surface area contributed by atoms with Gasteiger partial charge in [-0.2, -0.15) is 5.10 Å². The van der Waals surface area contributed by atoms with E-state index in [1.807, 2.05) is 21.8 Å². The maximum absolute atomic E-state index is 12.7. The number of piperidine rings is 3. The smallest absolute Gasteiger partial charge is 0.223 e. The Balaban J connectivity index is 1.50. The Morgan fingerprint density at radius 2 is 2.07 bits per heavy atom. The van der Waals surface area contributed by atoms with E-state index in [0.29, 0.717) is 24.8 Å². The van der Waals surface area contributed by atoms with Gasteiger partial charge in [0.15, 0.2) is 0 Å². The highest BCUT2D eigenvalue weighted by molar-refractivity contribution is 7.88. The summed E-state index contributed by atoms with van der Waals surface area (Å²) < 4.78 is 27.9. The van der Waals surface area contributed by atoms with E-state index >= 15 is 0 Å². The molecule has 3 aliphatic heterocycles. The molecule has 8 nitrogen and oxygen atoms in total. The molecule has 4 heterocycles. The highest BCUT2D eigenvalue weighted by atomic mass is 32.2. The van der Waals surface area contributed by atoms with E-state index in [9.17, 15) is 13.2 Å². The molecule has 0 radical (unpaired) electrons. The number of likely N-dealkylation sites (tertiary alicyclic amines) is 1. The fourth-order valence-electron chi connectivity index (χ4n) is 5.23. The number of sulfonamides is 1. The van der Waals surface area contributed by atoms with E-state index in [-0.39, 0.29) is 18.0 Å². The van der Waals surface area contributed by atoms with Crippen molar-refractivity contribution >= 4 is 15.9 Å². The van der Waals surface area contributed by atoms with E-state index in [0.717, 1.165) is 45.4 Å². The molecular weight excluding hydrogens is 366 g/mol. The van der Waals surface area contributed by atoms with Crippen molar-refractivity contribution in [2.24, 2.45) is 11.8 Å². The summed E-state index contributed by atoms with van der Waals surface area (Å²) in [6, 6.07) is 2.14. The van der Waals surface area contributed by atoms with Gasteiger partial charge in [0.05, 0.1) is 12.8 Å². The predicted octanol–water partition coefficient (Wildman–Crippen LogP) is 0.134. The number of hydrogen-bond acceptors (Lipinski definition) is 5. The summed E-state index contributed by atoms with van der Waals surface area (Å²) in [5.41, 5.74) is 0. The normalized spacial score (nSPS) is 31.7. The third-order valence-electron chi connectivity index (χ3n) is 6.33. The molecule has 3 aliphatic rings. The lowest BCUT2D eigenvalue weighted by Gasteiger charge is -2.56. The van der Waals surface area contributed by atoms with Gasteiger partial charge in [-0.25, -0.2) is 13.1 Å². The lowest BCUT2D eigenvalue weighted by Crippen LogP contribution is -2.67. The molecule has 0 unspecified atom stereocenters. The van der Waals surface area contributed by atoms with Crippen molar-refractivity contribution in [2.75, 3.05) is 32.4 Å². The SMILES string of the molecule is CS(=O)(=O)NC[C@H]1[C@H]2C[C@H](CN(CCn3cccn3)C2)[C@@H]2CCCC(=O)N21. The predicted molar refractivity (Wildman–Crippen MR) is 101 cm³/mol. The Labute approximate surface area is 160 Å². The summed E-state index contributed by atoms with van der Waals surface area (Å²) in [7, 11) is -3.27. The lowest BCUT2D eigenvalue weighted by molar-refractivity contribution is -0.152. The Hall–Kier alpha value is -1.45. The number of rotatable bonds is 6. The fraction of sp³-hybridized carbons (Fsp3) is 0.778. The standard InChI is InChI=1S/C18H29N5O3S/c1-27(25,26)20-11-17-15-10-14(16-4-2-5-18(24)23(16)17)12-21(13-15)8-9-22-7-3-6-19-22/h3,6-7,14-17,20H,2,4-5,8-13H2,1H3/t14-,15+,16+,17+/m1/s1. The number of amides is 1. The average Bonchev–Trinajstić information content (AvgIpc) is 3.13. The monoisotopic (exact) mass is 395 g/mol. The minimum atomic E-state index is -3.27. The highest BCUT2D eigenvalue weighted by Gasteiger charge is 2.49. The number of aromatic nitrogens is 2. The minimum Gasteiger partial charge on any atom is -0.335 e. The van der Waals surface area contributed by atoms with Gasteiger partial charge in [0, 0.05) is 57.1 Å². The number of hydrogen-bond donors (Lipinski definition) is 1. The summed E-state index contributed by atoms with van der Waals surface area (Å²) in [5, 5.41) is 4.28. The molecule has 3 fully saturated rings. The molecule has 1 amide bonds. The molecule has 4 rings (SSSR count). The van der Waals surface area contributed by atoms with Crippen LogP contribution in [0, 0.1) is 11.8 Å². The average molecular weight is 396 g/mol. The first-order valence-corrected chi connectivity index (χ1v) is 11.8. The van der Waals surface area contributed by atoms with Gasteiger partial charge >= 0.3 is 0 Å². The zero-order valence-electron chi connectivity index (χ0n) is 15.8. The first kappa shape index (κ1) is 18.9. The number of carbonyl (C=O) groups excluding carboxylic acids is 1. The molecule has 0 aromatic carbocycles. The van der Waals surface area contributed by atoms with Gasteiger partial charge in [-0.15, -0.1) is 0 Å². The lowest BCUT2D eigenvalue weighted by atomic mass is 9.72. The molecule has 1 N–H and O–H groups in total. The van der Waals surface area contributed by atoms with Gasteiger partial charge in [0.1, 0.15) is 0 Å². The molecule has 4 atom stereocenters. The van der Waals surface area contributed by atoms with E-state index in [1.165, 1.54) is 6.26 Å². The number of carbonyl (C=O) groups is 1. The first-order valence-electron chi connectivity index (χ1n) is 9.86. The molecule has 0 spiro atoms. The summed E-state index contributed by atoms with van der Waals surface area (Å²) in [4.78, 5) is 17.2. The van der Waals surface area contributed by atoms with Crippen molar-refractivity contribution in [3.8, 4) is 0 Å². The van der Waals surface area contributed by atoms with Gasteiger partial charge in [-0.3, -0.25) is 9.48 Å². The first-order chi connectivity index (χ1) is 12.9. The molecule has 1 aromatic heterocycles. The van der Waals surface area contributed by atoms with Crippen LogP contribution in [-0.2, 0) is 21.4 Å². The number of fused-ring (bicyclic) bond motifs is 4. The van der Waals surface area contributed by atoms with Gasteiger partial charge in [0.25, 0.3) is 0 Å². The van der Waals surface area contributed by atoms with Crippen molar-refractivity contribution < 1.29 is 13.2 Å². The second kappa shape index (κ2) is 7.52. The van der Waals surface area contributed by atoms with Crippen LogP contribution in [0.5, 0.6) is 0 Å². The Morgan fingerprint density at radius 1 is 1.26 bits per heavy atom. The Kier molecular flexibility index (Phi) is 5.26. The van der Waals surface area contributed by atoms with E-state index in [1.54, 1.807) is 6.20 Å². The topological polar surface area (TPSA) is 87.5 Å². The van der Waals surface area contributed by atoms with Crippen LogP contribution in [0.1, 0.15) is 25.7 Å². The molecular formula is C18H29N5O3S. The Bertz CT molecular complexity index is 766. The molecule has 9 heteroatoms. The highest BCUT2D eigenvalue weighted by Crippen LogP contribution is 2.41. The zero-order chi connectivity index (χ0) is 19.0. The molecule has 2 bridgehead atoms. The summed E-state index contributed by atoms with van der Waals surface area (Å²) in [6.45, 7) is 4.03. The number of nitrogens with zero attached hydrogens (tertiary/aromatic N) is 4. The van der Waals surface area contributed by atoms with Gasteiger partial charge in [-0.1, -0.05) is 0 Å². The molecule has 1 aromatic rings. The van der Waals surface area contributed by atoms with Crippen LogP contribution >= 0.6 is 0 Å². The van der Waals surface area contributed by atoms with Crippen LogP contribution in [0.25, 0.3) is 0 Å². The third kappa shape index (κ3) is 4.20. The maximum Gasteiger partial charge on any atom is 0.223 e. The van der Waals surface area contributed by atoms with Crippen molar-refractivity contribution in [3.63, 3.8) is 0 Å². The van der Waals surface area contributed by atoms with Crippen LogP contribution in [0.2, 0.25) is 0 Å². The Morgan fingerprint density at radius 3 is 2.81 bits per heavy atom. The van der Waals surface area contributed by atoms with Gasteiger partial charge in [0.2, 0.25) is 15.9 Å². The van der Waals surface area contributed by atoms with Gasteiger partial charge in [-0.05, 0) is 37.2 Å². The summed E-state index contributed by atoms with van der Waals surface area (Å²) in [6.07, 6.45) is 8.61. The molecule has 0 saturated carbocycles. The molecule has 3 saturated heterocycles. The third-order valence-corrected chi connectivity index (χ3v) is 7.02. The van der Waals surface area contributed by atoms with Crippen LogP contribution in [0.15, 0.2) is 18.5 Å². The van der Waals surface area contributed by atoms with Crippen LogP contribution in [0.3, 0.4) is 0 Å². The van der Waals surface area contributed by atoms with Crippen molar-refractivity contribution in [2.45, 2.75) is 44.3 Å². The molecule has 0 aliphatic carbocycles. The van der Waals surface area contributed by atoms with Crippen molar-refractivity contribution in [1.29, 1.82) is 0 Å². The van der Waals surface area contributed by atoms with E-state index < -0.39 is 10.0 Å². The second-order valence-electron chi connectivity index (χ2n) is 8.23. The van der Waals surface area contributed by atoms with Crippen LogP contribution in [-0.4, -0.2) is 78.4 Å². The minimum absolute atomic E-state index is 0.0405. The second-order valence-corrected chi connectivity index (χ2v) is 10.1. The largest absolute Gasteiger partial charge is 0.335 e. The van der Waals surface area contributed by atoms with Gasteiger partial charge < -0.3 is 9.80 Å². The van der Waals surface area contributed by atoms with Crippen molar-refractivity contribution in [1.82, 2.24) is 24.3 Å². The maximum atomic E-state index is 12.7. The molecule has 150 valence electrons. The van der Waals surface area contributed by atoms with Crippen molar-refractivity contribution in [3.05, 3.63) is 18.5 Å². The van der Waals surface area contributed by atoms with Crippen LogP contribution < -0.4 is 4.72 Å². The zero-order valence-corrected chi connectivity index (χ0v) is 16.6. The van der Waals surface area contributed by atoms with E-state index in [2.05, 4.69) is 14.7 Å². The van der Waals surface area contributed by atoms with E-state index in [4.69, 9.17) is 0 Å². The summed E-state index contributed by atoms with van der Waals surface area (Å²) >= 11 is 0. The quantitative estimate of drug-likeness (QED) is 0.740. The fourth-order valence-corrected chi connectivity index (χ4v) is 5.70. The number of nitrogens with one attached hydrogen (secondary N) is 1.